The van der Waals surface area contributed by atoms with Crippen molar-refractivity contribution in [2.45, 2.75) is 39.7 Å². The van der Waals surface area contributed by atoms with Crippen molar-refractivity contribution >= 4 is 28.4 Å². The van der Waals surface area contributed by atoms with Gasteiger partial charge in [-0.25, -0.2) is 9.97 Å². The minimum absolute atomic E-state index is 0.334. The zero-order chi connectivity index (χ0) is 24.9. The second-order valence-corrected chi connectivity index (χ2v) is 11.3. The Morgan fingerprint density at radius 3 is 2.14 bits per heavy atom. The monoisotopic (exact) mass is 493 g/mol. The standard InChI is InChI=1S/C31H31N3OS/c1-20-23-16-24(18-31(20,2)3)34(19-23)30(36)35-25-14-15-26-27(17-25)33-29(22-12-8-5-9-13-22)28(32-26)21-10-6-4-7-11-21/h4-15,17,20,23-24H,16,18-19H2,1-3H3/t20-,23+,24+/m1/s1. The molecule has 1 saturated heterocycles. The van der Waals surface area contributed by atoms with Crippen LogP contribution in [0.25, 0.3) is 33.5 Å². The molecule has 1 aromatic heterocycles. The van der Waals surface area contributed by atoms with Gasteiger partial charge in [-0.1, -0.05) is 81.4 Å². The van der Waals surface area contributed by atoms with Gasteiger partial charge in [0.1, 0.15) is 5.75 Å². The van der Waals surface area contributed by atoms with Crippen molar-refractivity contribution in [3.8, 4) is 28.3 Å². The quantitative estimate of drug-likeness (QED) is 0.278. The van der Waals surface area contributed by atoms with Crippen LogP contribution in [0.4, 0.5) is 0 Å². The molecule has 2 heterocycles. The van der Waals surface area contributed by atoms with Crippen LogP contribution < -0.4 is 4.74 Å². The molecule has 1 aliphatic heterocycles. The summed E-state index contributed by atoms with van der Waals surface area (Å²) in [4.78, 5) is 12.4. The Kier molecular flexibility index (Phi) is 5.76. The number of hydrogen-bond acceptors (Lipinski definition) is 4. The van der Waals surface area contributed by atoms with Gasteiger partial charge in [-0.3, -0.25) is 0 Å². The van der Waals surface area contributed by atoms with Crippen molar-refractivity contribution in [2.24, 2.45) is 17.3 Å². The first-order valence-electron chi connectivity index (χ1n) is 12.8. The summed E-state index contributed by atoms with van der Waals surface area (Å²) in [7, 11) is 0. The van der Waals surface area contributed by atoms with Gasteiger partial charge < -0.3 is 9.64 Å². The number of thiocarbonyl (C=S) groups is 1. The number of fused-ring (bicyclic) bond motifs is 3. The van der Waals surface area contributed by atoms with E-state index in [9.17, 15) is 0 Å². The highest BCUT2D eigenvalue weighted by Gasteiger charge is 2.48. The van der Waals surface area contributed by atoms with Gasteiger partial charge >= 0.3 is 0 Å². The number of benzene rings is 3. The highest BCUT2D eigenvalue weighted by atomic mass is 32.1. The lowest BCUT2D eigenvalue weighted by Crippen LogP contribution is -2.40. The maximum atomic E-state index is 6.27. The molecule has 6 rings (SSSR count). The predicted octanol–water partition coefficient (Wildman–Crippen LogP) is 7.38. The third kappa shape index (κ3) is 4.16. The summed E-state index contributed by atoms with van der Waals surface area (Å²) in [6.07, 6.45) is 2.36. The number of nitrogens with zero attached hydrogens (tertiary/aromatic N) is 3. The molecule has 4 aromatic rings. The van der Waals surface area contributed by atoms with Crippen molar-refractivity contribution in [3.05, 3.63) is 78.9 Å². The number of ether oxygens (including phenoxy) is 1. The SMILES string of the molecule is C[C@@H]1[C@H]2C[C@@H](CC1(C)C)N(C(=S)Oc1ccc3nc(-c4ccccc4)c(-c4ccccc4)nc3c1)C2. The smallest absolute Gasteiger partial charge is 0.265 e. The molecule has 2 bridgehead atoms. The first-order valence-corrected chi connectivity index (χ1v) is 13.2. The van der Waals surface area contributed by atoms with Crippen molar-refractivity contribution in [1.82, 2.24) is 14.9 Å². The van der Waals surface area contributed by atoms with E-state index in [0.29, 0.717) is 34.2 Å². The summed E-state index contributed by atoms with van der Waals surface area (Å²) in [5.74, 6) is 2.07. The van der Waals surface area contributed by atoms with E-state index in [-0.39, 0.29) is 0 Å². The van der Waals surface area contributed by atoms with E-state index in [1.165, 1.54) is 6.42 Å². The molecule has 0 N–H and O–H groups in total. The van der Waals surface area contributed by atoms with E-state index in [1.54, 1.807) is 0 Å². The van der Waals surface area contributed by atoms with Gasteiger partial charge in [0.2, 0.25) is 0 Å². The number of rotatable bonds is 3. The molecule has 0 spiro atoms. The van der Waals surface area contributed by atoms with E-state index in [2.05, 4.69) is 49.9 Å². The van der Waals surface area contributed by atoms with E-state index >= 15 is 0 Å². The van der Waals surface area contributed by atoms with Crippen LogP contribution in [0.1, 0.15) is 33.6 Å². The third-order valence-electron chi connectivity index (χ3n) is 8.32. The molecule has 182 valence electrons. The molecule has 4 nitrogen and oxygen atoms in total. The van der Waals surface area contributed by atoms with E-state index < -0.39 is 0 Å². The number of likely N-dealkylation sites (tertiary alicyclic amines) is 1. The largest absolute Gasteiger partial charge is 0.432 e. The second kappa shape index (κ2) is 8.97. The van der Waals surface area contributed by atoms with Crippen LogP contribution in [0.2, 0.25) is 0 Å². The third-order valence-corrected chi connectivity index (χ3v) is 8.64. The average molecular weight is 494 g/mol. The molecule has 0 amide bonds. The fraction of sp³-hybridized carbons (Fsp3) is 0.323. The lowest BCUT2D eigenvalue weighted by Gasteiger charge is -2.40. The summed E-state index contributed by atoms with van der Waals surface area (Å²) in [5, 5.41) is 0.573. The van der Waals surface area contributed by atoms with Crippen LogP contribution in [0.5, 0.6) is 5.75 Å². The van der Waals surface area contributed by atoms with Gasteiger partial charge in [-0.05, 0) is 54.4 Å². The van der Waals surface area contributed by atoms with Crippen LogP contribution in [-0.2, 0) is 0 Å². The minimum Gasteiger partial charge on any atom is -0.432 e. The van der Waals surface area contributed by atoms with Crippen molar-refractivity contribution < 1.29 is 4.74 Å². The maximum absolute atomic E-state index is 6.27. The van der Waals surface area contributed by atoms with Gasteiger partial charge in [0.15, 0.2) is 0 Å². The molecule has 1 aliphatic carbocycles. The molecule has 3 aromatic carbocycles. The highest BCUT2D eigenvalue weighted by Crippen LogP contribution is 2.49. The zero-order valence-electron chi connectivity index (χ0n) is 21.0. The molecule has 2 aliphatic rings. The number of hydrogen-bond donors (Lipinski definition) is 0. The Labute approximate surface area is 218 Å². The second-order valence-electron chi connectivity index (χ2n) is 11.0. The summed E-state index contributed by atoms with van der Waals surface area (Å²) in [6, 6.07) is 26.8. The minimum atomic E-state index is 0.334. The molecule has 3 atom stereocenters. The Morgan fingerprint density at radius 2 is 1.50 bits per heavy atom. The predicted molar refractivity (Wildman–Crippen MR) is 150 cm³/mol. The molecule has 36 heavy (non-hydrogen) atoms. The Balaban J connectivity index is 1.33. The summed E-state index contributed by atoms with van der Waals surface area (Å²) < 4.78 is 6.27. The fourth-order valence-corrected chi connectivity index (χ4v) is 6.34. The number of aromatic nitrogens is 2. The molecule has 5 heteroatoms. The molecule has 0 unspecified atom stereocenters. The summed E-state index contributed by atoms with van der Waals surface area (Å²) in [6.45, 7) is 8.16. The van der Waals surface area contributed by atoms with Crippen molar-refractivity contribution in [3.63, 3.8) is 0 Å². The van der Waals surface area contributed by atoms with Crippen LogP contribution in [-0.4, -0.2) is 32.6 Å². The highest BCUT2D eigenvalue weighted by molar-refractivity contribution is 7.80. The molecule has 0 radical (unpaired) electrons. The van der Waals surface area contributed by atoms with Crippen LogP contribution in [0.3, 0.4) is 0 Å². The molecular weight excluding hydrogens is 462 g/mol. The summed E-state index contributed by atoms with van der Waals surface area (Å²) >= 11 is 5.81. The van der Waals surface area contributed by atoms with Crippen LogP contribution in [0.15, 0.2) is 78.9 Å². The van der Waals surface area contributed by atoms with Gasteiger partial charge in [-0.2, -0.15) is 0 Å². The van der Waals surface area contributed by atoms with Gasteiger partial charge in [0.25, 0.3) is 5.17 Å². The Hall–Kier alpha value is -3.31. The molecular formula is C31H31N3OS. The first-order chi connectivity index (χ1) is 17.4. The topological polar surface area (TPSA) is 38.2 Å². The van der Waals surface area contributed by atoms with Crippen molar-refractivity contribution in [2.75, 3.05) is 6.54 Å². The zero-order valence-corrected chi connectivity index (χ0v) is 21.8. The van der Waals surface area contributed by atoms with Gasteiger partial charge in [-0.15, -0.1) is 0 Å². The van der Waals surface area contributed by atoms with Gasteiger partial charge in [0.05, 0.1) is 22.4 Å². The first kappa shape index (κ1) is 23.1. The fourth-order valence-electron chi connectivity index (χ4n) is 6.02. The normalized spacial score (nSPS) is 22.5. The van der Waals surface area contributed by atoms with E-state index in [0.717, 1.165) is 46.5 Å². The maximum Gasteiger partial charge on any atom is 0.265 e. The van der Waals surface area contributed by atoms with Crippen molar-refractivity contribution in [1.29, 1.82) is 0 Å². The summed E-state index contributed by atoms with van der Waals surface area (Å²) in [5.41, 5.74) is 5.78. The molecule has 2 fully saturated rings. The molecule has 1 saturated carbocycles. The van der Waals surface area contributed by atoms with Crippen LogP contribution >= 0.6 is 12.2 Å². The van der Waals surface area contributed by atoms with E-state index in [1.807, 2.05) is 54.6 Å². The Morgan fingerprint density at radius 1 is 0.889 bits per heavy atom. The lowest BCUT2D eigenvalue weighted by atomic mass is 9.65. The van der Waals surface area contributed by atoms with Gasteiger partial charge in [0, 0.05) is 29.8 Å². The Bertz CT molecular complexity index is 1420. The van der Waals surface area contributed by atoms with Crippen LogP contribution in [0, 0.1) is 17.3 Å². The lowest BCUT2D eigenvalue weighted by molar-refractivity contribution is 0.106. The van der Waals surface area contributed by atoms with E-state index in [4.69, 9.17) is 26.9 Å². The average Bonchev–Trinajstić information content (AvgIpc) is 3.27.